The van der Waals surface area contributed by atoms with E-state index in [1.165, 1.54) is 23.0 Å². The number of hydrogen-bond donors (Lipinski definition) is 1. The van der Waals surface area contributed by atoms with E-state index in [4.69, 9.17) is 5.10 Å². The minimum Gasteiger partial charge on any atom is -0.478 e. The van der Waals surface area contributed by atoms with Crippen LogP contribution in [0.5, 0.6) is 0 Å². The maximum Gasteiger partial charge on any atom is 0.336 e. The molecule has 0 spiro atoms. The second-order valence-electron chi connectivity index (χ2n) is 9.00. The maximum atomic E-state index is 13.4. The number of carboxylic acid groups (broad SMARTS) is 1. The Morgan fingerprint density at radius 1 is 1.11 bits per heavy atom. The van der Waals surface area contributed by atoms with Crippen molar-refractivity contribution in [1.29, 1.82) is 0 Å². The van der Waals surface area contributed by atoms with Gasteiger partial charge in [-0.1, -0.05) is 56.3 Å². The quantitative estimate of drug-likeness (QED) is 0.387. The summed E-state index contributed by atoms with van der Waals surface area (Å²) in [5.74, 6) is -0.887. The number of carbonyl (C=O) groups is 1. The summed E-state index contributed by atoms with van der Waals surface area (Å²) in [5, 5.41) is 18.3. The molecule has 1 N–H and O–H groups in total. The Kier molecular flexibility index (Phi) is 5.64. The summed E-state index contributed by atoms with van der Waals surface area (Å²) < 4.78 is 4.36. The van der Waals surface area contributed by atoms with E-state index in [1.807, 2.05) is 56.3 Å². The number of hydrogen-bond acceptors (Lipinski definition) is 5. The molecule has 3 heterocycles. The predicted molar refractivity (Wildman–Crippen MR) is 137 cm³/mol. The number of thiophene rings is 1. The zero-order valence-electron chi connectivity index (χ0n) is 19.6. The molecule has 2 aromatic carbocycles. The third-order valence-corrected chi connectivity index (χ3v) is 6.99. The molecule has 8 nitrogen and oxygen atoms in total. The fourth-order valence-corrected chi connectivity index (χ4v) is 5.36. The van der Waals surface area contributed by atoms with Crippen molar-refractivity contribution in [3.8, 4) is 10.6 Å². The van der Waals surface area contributed by atoms with Crippen LogP contribution in [0.3, 0.4) is 0 Å². The molecule has 0 aliphatic heterocycles. The van der Waals surface area contributed by atoms with Crippen molar-refractivity contribution in [2.45, 2.75) is 26.9 Å². The van der Waals surface area contributed by atoms with Crippen molar-refractivity contribution >= 4 is 39.1 Å². The lowest BCUT2D eigenvalue weighted by atomic mass is 10.0. The molecule has 9 heteroatoms. The zero-order valence-corrected chi connectivity index (χ0v) is 20.4. The van der Waals surface area contributed by atoms with Crippen molar-refractivity contribution in [2.75, 3.05) is 0 Å². The molecule has 3 aromatic heterocycles. The van der Waals surface area contributed by atoms with Crippen LogP contribution in [-0.4, -0.2) is 30.0 Å². The summed E-state index contributed by atoms with van der Waals surface area (Å²) in [5.41, 5.74) is 1.10. The SMILES string of the molecule is CC(C)Cn1c(=O)n(C)c(=O)c2c(-c3cc(C(=O)O)cs3)n(Cc3cccc4ccccc34)nc21. The molecule has 0 bridgehead atoms. The maximum absolute atomic E-state index is 13.4. The predicted octanol–water partition coefficient (Wildman–Crippen LogP) is 4.18. The molecule has 0 aliphatic rings. The van der Waals surface area contributed by atoms with Crippen LogP contribution in [0.15, 0.2) is 63.5 Å². The highest BCUT2D eigenvalue weighted by atomic mass is 32.1. The van der Waals surface area contributed by atoms with Gasteiger partial charge in [0.05, 0.1) is 22.7 Å². The van der Waals surface area contributed by atoms with Crippen molar-refractivity contribution < 1.29 is 9.90 Å². The van der Waals surface area contributed by atoms with Gasteiger partial charge < -0.3 is 5.11 Å². The molecule has 178 valence electrons. The summed E-state index contributed by atoms with van der Waals surface area (Å²) in [6.45, 7) is 4.75. The van der Waals surface area contributed by atoms with Gasteiger partial charge in [-0.05, 0) is 28.3 Å². The smallest absolute Gasteiger partial charge is 0.336 e. The molecule has 0 saturated carbocycles. The molecule has 0 unspecified atom stereocenters. The summed E-state index contributed by atoms with van der Waals surface area (Å²) in [7, 11) is 1.46. The molecule has 5 aromatic rings. The van der Waals surface area contributed by atoms with Gasteiger partial charge in [0, 0.05) is 19.0 Å². The van der Waals surface area contributed by atoms with Gasteiger partial charge in [-0.3, -0.25) is 18.6 Å². The fraction of sp³-hybridized carbons (Fsp3) is 0.231. The number of carboxylic acids is 1. The molecule has 35 heavy (non-hydrogen) atoms. The van der Waals surface area contributed by atoms with E-state index in [0.717, 1.165) is 20.9 Å². The van der Waals surface area contributed by atoms with E-state index in [9.17, 15) is 19.5 Å². The van der Waals surface area contributed by atoms with Crippen LogP contribution in [0.4, 0.5) is 0 Å². The largest absolute Gasteiger partial charge is 0.478 e. The summed E-state index contributed by atoms with van der Waals surface area (Å²) in [4.78, 5) is 38.6. The summed E-state index contributed by atoms with van der Waals surface area (Å²) in [6, 6.07) is 15.6. The molecular weight excluding hydrogens is 464 g/mol. The Bertz CT molecular complexity index is 1720. The van der Waals surface area contributed by atoms with Gasteiger partial charge in [-0.15, -0.1) is 11.3 Å². The average Bonchev–Trinajstić information content (AvgIpc) is 3.46. The number of aromatic carboxylic acids is 1. The highest BCUT2D eigenvalue weighted by molar-refractivity contribution is 7.14. The van der Waals surface area contributed by atoms with Crippen LogP contribution in [0, 0.1) is 5.92 Å². The topological polar surface area (TPSA) is 99.1 Å². The third kappa shape index (κ3) is 3.87. The van der Waals surface area contributed by atoms with Crippen LogP contribution in [0.25, 0.3) is 32.4 Å². The van der Waals surface area contributed by atoms with E-state index in [-0.39, 0.29) is 11.5 Å². The Morgan fingerprint density at radius 2 is 1.86 bits per heavy atom. The van der Waals surface area contributed by atoms with Crippen molar-refractivity contribution in [1.82, 2.24) is 18.9 Å². The van der Waals surface area contributed by atoms with E-state index in [2.05, 4.69) is 0 Å². The Hall–Kier alpha value is -3.98. The van der Waals surface area contributed by atoms with Crippen molar-refractivity contribution in [3.05, 3.63) is 85.9 Å². The Labute approximate surface area is 204 Å². The molecule has 0 fully saturated rings. The van der Waals surface area contributed by atoms with E-state index < -0.39 is 17.2 Å². The second-order valence-corrected chi connectivity index (χ2v) is 9.91. The first-order chi connectivity index (χ1) is 16.8. The first kappa shape index (κ1) is 22.8. The van der Waals surface area contributed by atoms with Crippen LogP contribution in [0.1, 0.15) is 29.8 Å². The van der Waals surface area contributed by atoms with Gasteiger partial charge in [0.25, 0.3) is 5.56 Å². The minimum atomic E-state index is -1.04. The standard InChI is InChI=1S/C26H24N4O4S/c1-15(2)12-29-23-21(24(31)28(3)26(29)34)22(20-11-18(14-35-20)25(32)33)30(27-23)13-17-9-6-8-16-7-4-5-10-19(16)17/h4-11,14-15H,12-13H2,1-3H3,(H,32,33). The lowest BCUT2D eigenvalue weighted by Gasteiger charge is -2.10. The fourth-order valence-electron chi connectivity index (χ4n) is 4.42. The van der Waals surface area contributed by atoms with Gasteiger partial charge in [-0.2, -0.15) is 5.10 Å². The van der Waals surface area contributed by atoms with Gasteiger partial charge in [0.15, 0.2) is 5.65 Å². The highest BCUT2D eigenvalue weighted by Crippen LogP contribution is 2.33. The second kappa shape index (κ2) is 8.66. The number of fused-ring (bicyclic) bond motifs is 2. The van der Waals surface area contributed by atoms with Gasteiger partial charge in [0.1, 0.15) is 5.39 Å². The third-order valence-electron chi connectivity index (χ3n) is 6.05. The Morgan fingerprint density at radius 3 is 2.57 bits per heavy atom. The van der Waals surface area contributed by atoms with E-state index >= 15 is 0 Å². The first-order valence-corrected chi connectivity index (χ1v) is 12.1. The van der Waals surface area contributed by atoms with Gasteiger partial charge in [0.2, 0.25) is 0 Å². The van der Waals surface area contributed by atoms with Gasteiger partial charge >= 0.3 is 11.7 Å². The monoisotopic (exact) mass is 488 g/mol. The highest BCUT2D eigenvalue weighted by Gasteiger charge is 2.24. The van der Waals surface area contributed by atoms with Crippen molar-refractivity contribution in [2.24, 2.45) is 13.0 Å². The molecule has 0 saturated heterocycles. The zero-order chi connectivity index (χ0) is 24.9. The van der Waals surface area contributed by atoms with Crippen LogP contribution in [-0.2, 0) is 20.1 Å². The minimum absolute atomic E-state index is 0.142. The number of aromatic nitrogens is 4. The number of rotatable bonds is 6. The summed E-state index contributed by atoms with van der Waals surface area (Å²) in [6.07, 6.45) is 0. The van der Waals surface area contributed by atoms with Crippen LogP contribution < -0.4 is 11.2 Å². The number of benzene rings is 2. The van der Waals surface area contributed by atoms with Crippen LogP contribution >= 0.6 is 11.3 Å². The molecular formula is C26H24N4O4S. The molecule has 0 atom stereocenters. The molecule has 0 amide bonds. The van der Waals surface area contributed by atoms with E-state index in [1.54, 1.807) is 16.1 Å². The summed E-state index contributed by atoms with van der Waals surface area (Å²) >= 11 is 1.24. The molecule has 5 rings (SSSR count). The first-order valence-electron chi connectivity index (χ1n) is 11.3. The number of nitrogens with zero attached hydrogens (tertiary/aromatic N) is 4. The molecule has 0 radical (unpaired) electrons. The Balaban J connectivity index is 1.84. The lowest BCUT2D eigenvalue weighted by Crippen LogP contribution is -2.38. The van der Waals surface area contributed by atoms with Crippen molar-refractivity contribution in [3.63, 3.8) is 0 Å². The normalized spacial score (nSPS) is 11.7. The average molecular weight is 489 g/mol. The van der Waals surface area contributed by atoms with Gasteiger partial charge in [-0.25, -0.2) is 9.59 Å². The molecule has 0 aliphatic carbocycles. The van der Waals surface area contributed by atoms with Crippen LogP contribution in [0.2, 0.25) is 0 Å². The van der Waals surface area contributed by atoms with E-state index in [0.29, 0.717) is 34.7 Å². The lowest BCUT2D eigenvalue weighted by molar-refractivity contribution is 0.0697.